The second-order valence-corrected chi connectivity index (χ2v) is 5.18. The van der Waals surface area contributed by atoms with Gasteiger partial charge < -0.3 is 9.64 Å². The molecule has 0 spiro atoms. The number of nitrogens with zero attached hydrogens (tertiary/aromatic N) is 1. The van der Waals surface area contributed by atoms with Crippen molar-refractivity contribution in [1.29, 1.82) is 0 Å². The van der Waals surface area contributed by atoms with Crippen LogP contribution in [-0.4, -0.2) is 36.5 Å². The molecule has 0 unspecified atom stereocenters. The van der Waals surface area contributed by atoms with Crippen molar-refractivity contribution in [2.45, 2.75) is 39.5 Å². The number of halogens is 2. The molecular formula is C17H23F2NO3. The Morgan fingerprint density at radius 3 is 2.43 bits per heavy atom. The molecule has 1 rings (SSSR count). The van der Waals surface area contributed by atoms with Gasteiger partial charge in [-0.1, -0.05) is 19.8 Å². The molecule has 128 valence electrons. The zero-order valence-corrected chi connectivity index (χ0v) is 13.6. The molecule has 0 radical (unpaired) electrons. The highest BCUT2D eigenvalue weighted by Crippen LogP contribution is 2.12. The van der Waals surface area contributed by atoms with Crippen molar-refractivity contribution < 1.29 is 23.1 Å². The summed E-state index contributed by atoms with van der Waals surface area (Å²) in [5.74, 6) is -2.85. The molecule has 0 saturated heterocycles. The summed E-state index contributed by atoms with van der Waals surface area (Å²) in [6.45, 7) is 4.70. The lowest BCUT2D eigenvalue weighted by Gasteiger charge is -2.22. The van der Waals surface area contributed by atoms with Gasteiger partial charge in [-0.25, -0.2) is 8.78 Å². The molecule has 23 heavy (non-hydrogen) atoms. The first kappa shape index (κ1) is 19.1. The Morgan fingerprint density at radius 2 is 1.83 bits per heavy atom. The first-order valence-electron chi connectivity index (χ1n) is 7.89. The Kier molecular flexibility index (Phi) is 8.22. The summed E-state index contributed by atoms with van der Waals surface area (Å²) in [4.78, 5) is 25.4. The molecule has 0 fully saturated rings. The molecular weight excluding hydrogens is 304 g/mol. The van der Waals surface area contributed by atoms with Crippen molar-refractivity contribution in [3.05, 3.63) is 35.4 Å². The summed E-state index contributed by atoms with van der Waals surface area (Å²) in [5, 5.41) is 0. The van der Waals surface area contributed by atoms with Crippen LogP contribution >= 0.6 is 0 Å². The molecule has 1 amide bonds. The van der Waals surface area contributed by atoms with Crippen LogP contribution in [-0.2, 0) is 9.53 Å². The number of ether oxygens (including phenoxy) is 1. The number of amides is 1. The largest absolute Gasteiger partial charge is 0.466 e. The van der Waals surface area contributed by atoms with Crippen LogP contribution in [0.15, 0.2) is 18.2 Å². The molecule has 1 aromatic rings. The fourth-order valence-corrected chi connectivity index (χ4v) is 2.14. The van der Waals surface area contributed by atoms with Gasteiger partial charge in [0, 0.05) is 18.7 Å². The summed E-state index contributed by atoms with van der Waals surface area (Å²) in [6, 6.07) is 3.06. The molecule has 6 heteroatoms. The summed E-state index contributed by atoms with van der Waals surface area (Å²) in [5.41, 5.74) is 0.0734. The van der Waals surface area contributed by atoms with Gasteiger partial charge in [0.25, 0.3) is 5.91 Å². The van der Waals surface area contributed by atoms with Crippen LogP contribution in [0.4, 0.5) is 8.78 Å². The fraction of sp³-hybridized carbons (Fsp3) is 0.529. The van der Waals surface area contributed by atoms with Gasteiger partial charge in [-0.15, -0.1) is 0 Å². The number of benzene rings is 1. The summed E-state index contributed by atoms with van der Waals surface area (Å²) < 4.78 is 31.1. The van der Waals surface area contributed by atoms with E-state index in [0.29, 0.717) is 6.54 Å². The highest BCUT2D eigenvalue weighted by molar-refractivity contribution is 5.94. The van der Waals surface area contributed by atoms with Crippen LogP contribution in [0.25, 0.3) is 0 Å². The van der Waals surface area contributed by atoms with Crippen molar-refractivity contribution in [1.82, 2.24) is 4.90 Å². The highest BCUT2D eigenvalue weighted by Gasteiger charge is 2.18. The van der Waals surface area contributed by atoms with Crippen molar-refractivity contribution in [2.24, 2.45) is 0 Å². The smallest absolute Gasteiger partial charge is 0.307 e. The summed E-state index contributed by atoms with van der Waals surface area (Å²) in [6.07, 6.45) is 2.80. The second-order valence-electron chi connectivity index (χ2n) is 5.18. The van der Waals surface area contributed by atoms with Crippen LogP contribution in [0.2, 0.25) is 0 Å². The number of unbranched alkanes of at least 4 members (excludes halogenated alkanes) is 2. The van der Waals surface area contributed by atoms with Gasteiger partial charge in [0.05, 0.1) is 13.0 Å². The van der Waals surface area contributed by atoms with Crippen LogP contribution in [0, 0.1) is 11.6 Å². The van der Waals surface area contributed by atoms with Crippen LogP contribution < -0.4 is 0 Å². The molecule has 0 N–H and O–H groups in total. The van der Waals surface area contributed by atoms with Gasteiger partial charge in [-0.05, 0) is 31.5 Å². The minimum atomic E-state index is -1.06. The number of carbonyl (C=O) groups is 2. The number of hydrogen-bond acceptors (Lipinski definition) is 3. The molecule has 0 aliphatic heterocycles. The normalized spacial score (nSPS) is 10.4. The lowest BCUT2D eigenvalue weighted by atomic mass is 10.1. The number of esters is 1. The van der Waals surface area contributed by atoms with Crippen molar-refractivity contribution in [2.75, 3.05) is 19.7 Å². The minimum Gasteiger partial charge on any atom is -0.466 e. The lowest BCUT2D eigenvalue weighted by molar-refractivity contribution is -0.143. The van der Waals surface area contributed by atoms with E-state index in [4.69, 9.17) is 4.74 Å². The van der Waals surface area contributed by atoms with Gasteiger partial charge >= 0.3 is 5.97 Å². The van der Waals surface area contributed by atoms with Crippen LogP contribution in [0.3, 0.4) is 0 Å². The standard InChI is InChI=1S/C17H23F2NO3/c1-3-5-6-10-20(11-9-16(21)23-4-2)17(22)13-7-8-14(18)15(19)12-13/h7-8,12H,3-6,9-11H2,1-2H3. The third-order valence-electron chi connectivity index (χ3n) is 3.38. The molecule has 0 atom stereocenters. The molecule has 4 nitrogen and oxygen atoms in total. The lowest BCUT2D eigenvalue weighted by Crippen LogP contribution is -2.34. The maximum absolute atomic E-state index is 13.3. The average Bonchev–Trinajstić information content (AvgIpc) is 2.53. The zero-order valence-electron chi connectivity index (χ0n) is 13.6. The molecule has 0 heterocycles. The van der Waals surface area contributed by atoms with Gasteiger partial charge in [0.15, 0.2) is 11.6 Å². The predicted molar refractivity (Wildman–Crippen MR) is 83.0 cm³/mol. The minimum absolute atomic E-state index is 0.0734. The molecule has 0 bridgehead atoms. The Bertz CT molecular complexity index is 535. The monoisotopic (exact) mass is 327 g/mol. The Labute approximate surface area is 135 Å². The predicted octanol–water partition coefficient (Wildman–Crippen LogP) is 3.55. The fourth-order valence-electron chi connectivity index (χ4n) is 2.14. The van der Waals surface area contributed by atoms with E-state index in [-0.39, 0.29) is 31.1 Å². The Hall–Kier alpha value is -1.98. The Morgan fingerprint density at radius 1 is 1.09 bits per heavy atom. The third kappa shape index (κ3) is 6.34. The summed E-state index contributed by atoms with van der Waals surface area (Å²) >= 11 is 0. The van der Waals surface area contributed by atoms with Crippen molar-refractivity contribution in [3.63, 3.8) is 0 Å². The van der Waals surface area contributed by atoms with Gasteiger partial charge in [0.1, 0.15) is 0 Å². The Balaban J connectivity index is 2.77. The van der Waals surface area contributed by atoms with E-state index in [1.807, 2.05) is 6.92 Å². The van der Waals surface area contributed by atoms with Crippen LogP contribution in [0.1, 0.15) is 49.9 Å². The molecule has 0 saturated carbocycles. The van der Waals surface area contributed by atoms with E-state index >= 15 is 0 Å². The first-order valence-corrected chi connectivity index (χ1v) is 7.89. The van der Waals surface area contributed by atoms with Gasteiger partial charge in [-0.2, -0.15) is 0 Å². The quantitative estimate of drug-likeness (QED) is 0.515. The third-order valence-corrected chi connectivity index (χ3v) is 3.38. The van der Waals surface area contributed by atoms with E-state index in [0.717, 1.165) is 31.4 Å². The second kappa shape index (κ2) is 9.92. The molecule has 0 aliphatic carbocycles. The average molecular weight is 327 g/mol. The first-order chi connectivity index (χ1) is 11.0. The van der Waals surface area contributed by atoms with E-state index in [1.165, 1.54) is 11.0 Å². The van der Waals surface area contributed by atoms with E-state index in [2.05, 4.69) is 0 Å². The van der Waals surface area contributed by atoms with Crippen molar-refractivity contribution >= 4 is 11.9 Å². The van der Waals surface area contributed by atoms with Crippen LogP contribution in [0.5, 0.6) is 0 Å². The summed E-state index contributed by atoms with van der Waals surface area (Å²) in [7, 11) is 0. The van der Waals surface area contributed by atoms with Crippen molar-refractivity contribution in [3.8, 4) is 0 Å². The molecule has 0 aromatic heterocycles. The van der Waals surface area contributed by atoms with Gasteiger partial charge in [-0.3, -0.25) is 9.59 Å². The number of carbonyl (C=O) groups excluding carboxylic acids is 2. The maximum atomic E-state index is 13.3. The van der Waals surface area contributed by atoms with E-state index in [1.54, 1.807) is 6.92 Å². The highest BCUT2D eigenvalue weighted by atomic mass is 19.2. The van der Waals surface area contributed by atoms with E-state index in [9.17, 15) is 18.4 Å². The van der Waals surface area contributed by atoms with E-state index < -0.39 is 17.5 Å². The topological polar surface area (TPSA) is 46.6 Å². The van der Waals surface area contributed by atoms with Gasteiger partial charge in [0.2, 0.25) is 0 Å². The molecule has 1 aromatic carbocycles. The zero-order chi connectivity index (χ0) is 17.2. The molecule has 0 aliphatic rings. The SMILES string of the molecule is CCCCCN(CCC(=O)OCC)C(=O)c1ccc(F)c(F)c1. The maximum Gasteiger partial charge on any atom is 0.307 e. The number of rotatable bonds is 9. The number of hydrogen-bond donors (Lipinski definition) is 0.